The van der Waals surface area contributed by atoms with E-state index in [0.717, 1.165) is 18.9 Å². The molecular weight excluding hydrogens is 242 g/mol. The van der Waals surface area contributed by atoms with Crippen LogP contribution in [0.2, 0.25) is 0 Å². The zero-order valence-electron chi connectivity index (χ0n) is 12.5. The fourth-order valence-electron chi connectivity index (χ4n) is 2.79. The summed E-state index contributed by atoms with van der Waals surface area (Å²) in [6.07, 6.45) is 4.66. The van der Waals surface area contributed by atoms with Crippen molar-refractivity contribution in [3.8, 4) is 0 Å². The summed E-state index contributed by atoms with van der Waals surface area (Å²) in [5, 5.41) is 18.7. The van der Waals surface area contributed by atoms with Crippen molar-refractivity contribution in [3.05, 3.63) is 0 Å². The quantitative estimate of drug-likeness (QED) is 0.711. The first-order valence-electron chi connectivity index (χ1n) is 7.55. The number of aliphatic hydroxyl groups excluding tert-OH is 1. The molecule has 0 aliphatic carbocycles. The normalized spacial score (nSPS) is 25.9. The number of hydrogen-bond acceptors (Lipinski definition) is 3. The van der Waals surface area contributed by atoms with Crippen LogP contribution in [0.15, 0.2) is 0 Å². The fraction of sp³-hybridized carbons (Fsp3) is 0.933. The van der Waals surface area contributed by atoms with Gasteiger partial charge in [-0.25, -0.2) is 0 Å². The van der Waals surface area contributed by atoms with Crippen LogP contribution in [0.1, 0.15) is 52.9 Å². The number of likely N-dealkylation sites (tertiary alicyclic amines) is 1. The number of hydrogen-bond donors (Lipinski definition) is 2. The number of carbonyl (C=O) groups is 1. The highest BCUT2D eigenvalue weighted by atomic mass is 16.4. The first kappa shape index (κ1) is 16.4. The highest BCUT2D eigenvalue weighted by molar-refractivity contribution is 5.74. The first-order chi connectivity index (χ1) is 8.90. The average Bonchev–Trinajstić information content (AvgIpc) is 2.67. The molecule has 0 aromatic heterocycles. The van der Waals surface area contributed by atoms with Crippen LogP contribution < -0.4 is 0 Å². The van der Waals surface area contributed by atoms with Gasteiger partial charge < -0.3 is 10.2 Å². The molecule has 1 unspecified atom stereocenters. The van der Waals surface area contributed by atoms with E-state index in [9.17, 15) is 9.90 Å². The van der Waals surface area contributed by atoms with Gasteiger partial charge in [0.1, 0.15) is 6.04 Å². The lowest BCUT2D eigenvalue weighted by Crippen LogP contribution is -2.37. The second-order valence-electron chi connectivity index (χ2n) is 6.46. The van der Waals surface area contributed by atoms with Crippen molar-refractivity contribution >= 4 is 5.97 Å². The molecule has 0 bridgehead atoms. The Morgan fingerprint density at radius 1 is 1.26 bits per heavy atom. The maximum Gasteiger partial charge on any atom is 0.321 e. The lowest BCUT2D eigenvalue weighted by atomic mass is 9.97. The minimum absolute atomic E-state index is 0.372. The van der Waals surface area contributed by atoms with E-state index in [0.29, 0.717) is 18.9 Å². The van der Waals surface area contributed by atoms with E-state index in [1.165, 1.54) is 19.3 Å². The monoisotopic (exact) mass is 271 g/mol. The van der Waals surface area contributed by atoms with E-state index in [1.807, 2.05) is 4.90 Å². The van der Waals surface area contributed by atoms with Crippen LogP contribution >= 0.6 is 0 Å². The maximum absolute atomic E-state index is 11.1. The number of carboxylic acid groups (broad SMARTS) is 1. The second kappa shape index (κ2) is 7.85. The summed E-state index contributed by atoms with van der Waals surface area (Å²) < 4.78 is 0. The van der Waals surface area contributed by atoms with Crippen molar-refractivity contribution in [2.24, 2.45) is 11.8 Å². The number of rotatable bonds is 8. The minimum Gasteiger partial charge on any atom is -0.480 e. The highest BCUT2D eigenvalue weighted by Gasteiger charge is 2.35. The van der Waals surface area contributed by atoms with Gasteiger partial charge in [0.25, 0.3) is 0 Å². The van der Waals surface area contributed by atoms with Crippen LogP contribution in [0.3, 0.4) is 0 Å². The Kier molecular flexibility index (Phi) is 6.80. The van der Waals surface area contributed by atoms with Gasteiger partial charge in [-0.05, 0) is 24.8 Å². The van der Waals surface area contributed by atoms with E-state index in [2.05, 4.69) is 20.8 Å². The number of nitrogens with zero attached hydrogens (tertiary/aromatic N) is 1. The van der Waals surface area contributed by atoms with E-state index in [1.54, 1.807) is 0 Å². The Bertz CT molecular complexity index is 281. The topological polar surface area (TPSA) is 60.8 Å². The van der Waals surface area contributed by atoms with Crippen LogP contribution in [0.5, 0.6) is 0 Å². The third kappa shape index (κ3) is 5.91. The summed E-state index contributed by atoms with van der Waals surface area (Å²) in [6, 6.07) is -0.488. The fourth-order valence-corrected chi connectivity index (χ4v) is 2.79. The van der Waals surface area contributed by atoms with Gasteiger partial charge in [0.05, 0.1) is 6.10 Å². The molecule has 2 N–H and O–H groups in total. The minimum atomic E-state index is -0.802. The SMILES string of the molecule is CC(C)CCCC(C)CCN1C[C@H](O)C[C@H]1C(=O)O. The molecule has 3 atom stereocenters. The van der Waals surface area contributed by atoms with Crippen molar-refractivity contribution < 1.29 is 15.0 Å². The summed E-state index contributed by atoms with van der Waals surface area (Å²) >= 11 is 0. The van der Waals surface area contributed by atoms with Crippen molar-refractivity contribution in [3.63, 3.8) is 0 Å². The zero-order chi connectivity index (χ0) is 14.4. The molecule has 0 aromatic rings. The van der Waals surface area contributed by atoms with Gasteiger partial charge >= 0.3 is 5.97 Å². The van der Waals surface area contributed by atoms with Gasteiger partial charge in [0, 0.05) is 13.0 Å². The Balaban J connectivity index is 2.25. The standard InChI is InChI=1S/C15H29NO3/c1-11(2)5-4-6-12(3)7-8-16-10-13(17)9-14(16)15(18)19/h11-14,17H,4-10H2,1-3H3,(H,18,19)/t12?,13-,14+/m1/s1. The lowest BCUT2D eigenvalue weighted by Gasteiger charge is -2.22. The van der Waals surface area contributed by atoms with E-state index in [4.69, 9.17) is 5.11 Å². The summed E-state index contributed by atoms with van der Waals surface area (Å²) in [5.41, 5.74) is 0. The van der Waals surface area contributed by atoms with E-state index < -0.39 is 18.1 Å². The molecule has 1 aliphatic rings. The van der Waals surface area contributed by atoms with Crippen LogP contribution in [0.4, 0.5) is 0 Å². The first-order valence-corrected chi connectivity index (χ1v) is 7.55. The number of aliphatic carboxylic acids is 1. The smallest absolute Gasteiger partial charge is 0.321 e. The molecule has 4 nitrogen and oxygen atoms in total. The number of aliphatic hydroxyl groups is 1. The van der Waals surface area contributed by atoms with Gasteiger partial charge in [-0.3, -0.25) is 9.69 Å². The Morgan fingerprint density at radius 2 is 1.95 bits per heavy atom. The van der Waals surface area contributed by atoms with E-state index >= 15 is 0 Å². The molecule has 0 amide bonds. The maximum atomic E-state index is 11.1. The molecule has 0 aromatic carbocycles. The third-order valence-electron chi connectivity index (χ3n) is 4.05. The molecule has 0 saturated carbocycles. The molecule has 1 fully saturated rings. The van der Waals surface area contributed by atoms with Crippen molar-refractivity contribution in [2.45, 2.75) is 65.0 Å². The van der Waals surface area contributed by atoms with Crippen LogP contribution in [0.25, 0.3) is 0 Å². The largest absolute Gasteiger partial charge is 0.480 e. The summed E-state index contributed by atoms with van der Waals surface area (Å²) in [6.45, 7) is 8.02. The molecule has 112 valence electrons. The van der Waals surface area contributed by atoms with Crippen LogP contribution in [-0.4, -0.2) is 46.3 Å². The predicted octanol–water partition coefficient (Wildman–Crippen LogP) is 2.36. The Morgan fingerprint density at radius 3 is 2.53 bits per heavy atom. The average molecular weight is 271 g/mol. The van der Waals surface area contributed by atoms with Crippen molar-refractivity contribution in [1.82, 2.24) is 4.90 Å². The van der Waals surface area contributed by atoms with Gasteiger partial charge in [-0.15, -0.1) is 0 Å². The Labute approximate surface area is 116 Å². The molecule has 19 heavy (non-hydrogen) atoms. The predicted molar refractivity (Wildman–Crippen MR) is 76.1 cm³/mol. The molecule has 1 heterocycles. The van der Waals surface area contributed by atoms with Crippen molar-refractivity contribution in [2.75, 3.05) is 13.1 Å². The van der Waals surface area contributed by atoms with E-state index in [-0.39, 0.29) is 0 Å². The summed E-state index contributed by atoms with van der Waals surface area (Å²) in [4.78, 5) is 13.0. The highest BCUT2D eigenvalue weighted by Crippen LogP contribution is 2.21. The zero-order valence-corrected chi connectivity index (χ0v) is 12.5. The third-order valence-corrected chi connectivity index (χ3v) is 4.05. The van der Waals surface area contributed by atoms with Crippen LogP contribution in [0, 0.1) is 11.8 Å². The van der Waals surface area contributed by atoms with Gasteiger partial charge in [0.2, 0.25) is 0 Å². The molecule has 0 radical (unpaired) electrons. The van der Waals surface area contributed by atoms with Crippen LogP contribution in [-0.2, 0) is 4.79 Å². The van der Waals surface area contributed by atoms with Gasteiger partial charge in [-0.2, -0.15) is 0 Å². The second-order valence-corrected chi connectivity index (χ2v) is 6.46. The molecular formula is C15H29NO3. The summed E-state index contributed by atoms with van der Waals surface area (Å²) in [7, 11) is 0. The molecule has 1 rings (SSSR count). The summed E-state index contributed by atoms with van der Waals surface area (Å²) in [5.74, 6) is 0.590. The van der Waals surface area contributed by atoms with Gasteiger partial charge in [-0.1, -0.05) is 40.0 Å². The van der Waals surface area contributed by atoms with Crippen molar-refractivity contribution in [1.29, 1.82) is 0 Å². The lowest BCUT2D eigenvalue weighted by molar-refractivity contribution is -0.142. The Hall–Kier alpha value is -0.610. The molecule has 0 spiro atoms. The van der Waals surface area contributed by atoms with Gasteiger partial charge in [0.15, 0.2) is 0 Å². The molecule has 1 aliphatic heterocycles. The molecule has 4 heteroatoms. The number of β-amino-alcohol motifs (C(OH)–C–C–N with tert-alkyl or cyclic N) is 1. The number of carboxylic acids is 1. The molecule has 1 saturated heterocycles.